The predicted molar refractivity (Wildman–Crippen MR) is 153 cm³/mol. The van der Waals surface area contributed by atoms with Crippen LogP contribution in [0, 0.1) is 11.6 Å². The summed E-state index contributed by atoms with van der Waals surface area (Å²) in [6, 6.07) is 4.30. The minimum atomic E-state index is -1.37. The van der Waals surface area contributed by atoms with Crippen LogP contribution in [0.1, 0.15) is 49.0 Å². The molecule has 43 heavy (non-hydrogen) atoms. The zero-order chi connectivity index (χ0) is 30.6. The van der Waals surface area contributed by atoms with Gasteiger partial charge >= 0.3 is 12.1 Å². The lowest BCUT2D eigenvalue weighted by Crippen LogP contribution is -2.43. The van der Waals surface area contributed by atoms with Crippen LogP contribution in [0.25, 0.3) is 11.0 Å². The number of carboxylic acids is 1. The van der Waals surface area contributed by atoms with Crippen LogP contribution in [0.4, 0.5) is 30.8 Å². The van der Waals surface area contributed by atoms with E-state index in [1.165, 1.54) is 30.2 Å². The summed E-state index contributed by atoms with van der Waals surface area (Å²) in [6.07, 6.45) is 2.48. The number of benzene rings is 1. The second-order valence-corrected chi connectivity index (χ2v) is 11.2. The van der Waals surface area contributed by atoms with E-state index >= 15 is 8.78 Å². The lowest BCUT2D eigenvalue weighted by atomic mass is 10.0. The van der Waals surface area contributed by atoms with E-state index in [1.54, 1.807) is 15.5 Å². The number of anilines is 3. The number of rotatable bonds is 8. The Morgan fingerprint density at radius 1 is 1.12 bits per heavy atom. The molecule has 1 aliphatic carbocycles. The number of nitrogens with one attached hydrogen (secondary N) is 1. The van der Waals surface area contributed by atoms with Gasteiger partial charge in [0.1, 0.15) is 35.0 Å². The Morgan fingerprint density at radius 3 is 2.47 bits per heavy atom. The zero-order valence-electron chi connectivity index (χ0n) is 23.3. The number of hydrogen-bond acceptors (Lipinski definition) is 9. The summed E-state index contributed by atoms with van der Waals surface area (Å²) < 4.78 is 37.2. The Morgan fingerprint density at radius 2 is 1.84 bits per heavy atom. The lowest BCUT2D eigenvalue weighted by molar-refractivity contribution is -0.120. The minimum absolute atomic E-state index is 0.0129. The van der Waals surface area contributed by atoms with Gasteiger partial charge in [-0.15, -0.1) is 0 Å². The minimum Gasteiger partial charge on any atom is -0.477 e. The molecule has 2 aliphatic heterocycles. The molecule has 3 aliphatic rings. The summed E-state index contributed by atoms with van der Waals surface area (Å²) in [5.41, 5.74) is 5.40. The molecule has 226 valence electrons. The number of cyclic esters (lactones) is 1. The van der Waals surface area contributed by atoms with Crippen LogP contribution in [-0.4, -0.2) is 70.3 Å². The van der Waals surface area contributed by atoms with Crippen LogP contribution in [-0.2, 0) is 9.53 Å². The van der Waals surface area contributed by atoms with Gasteiger partial charge in [-0.25, -0.2) is 23.4 Å². The van der Waals surface area contributed by atoms with Crippen LogP contribution in [0.15, 0.2) is 35.3 Å². The highest BCUT2D eigenvalue weighted by Gasteiger charge is 2.38. The summed E-state index contributed by atoms with van der Waals surface area (Å²) in [6.45, 7) is 2.16. The van der Waals surface area contributed by atoms with Crippen molar-refractivity contribution in [2.45, 2.75) is 56.8 Å². The van der Waals surface area contributed by atoms with E-state index in [0.717, 1.165) is 18.9 Å². The summed E-state index contributed by atoms with van der Waals surface area (Å²) in [5.74, 6) is -2.89. The van der Waals surface area contributed by atoms with Gasteiger partial charge < -0.3 is 30.4 Å². The van der Waals surface area contributed by atoms with Crippen molar-refractivity contribution in [3.8, 4) is 0 Å². The number of carbonyl (C=O) groups excluding carboxylic acids is 2. The zero-order valence-corrected chi connectivity index (χ0v) is 23.3. The first-order valence-corrected chi connectivity index (χ1v) is 14.1. The number of aromatic carboxylic acids is 1. The molecular weight excluding hydrogens is 566 g/mol. The molecule has 1 unspecified atom stereocenters. The van der Waals surface area contributed by atoms with Gasteiger partial charge in [-0.05, 0) is 56.9 Å². The van der Waals surface area contributed by atoms with Gasteiger partial charge in [-0.3, -0.25) is 14.5 Å². The molecule has 0 spiro atoms. The van der Waals surface area contributed by atoms with Crippen molar-refractivity contribution in [3.05, 3.63) is 57.9 Å². The average Bonchev–Trinajstić information content (AvgIpc) is 3.75. The summed E-state index contributed by atoms with van der Waals surface area (Å²) in [4.78, 5) is 55.7. The van der Waals surface area contributed by atoms with E-state index < -0.39 is 46.8 Å². The van der Waals surface area contributed by atoms with E-state index in [4.69, 9.17) is 10.5 Å². The van der Waals surface area contributed by atoms with E-state index in [1.807, 2.05) is 0 Å². The largest absolute Gasteiger partial charge is 0.477 e. The number of fused-ring (bicyclic) bond motifs is 1. The molecule has 2 atom stereocenters. The molecule has 12 nitrogen and oxygen atoms in total. The van der Waals surface area contributed by atoms with Gasteiger partial charge in [0.15, 0.2) is 11.6 Å². The number of piperidine rings is 1. The molecule has 6 rings (SSSR count). The van der Waals surface area contributed by atoms with Crippen molar-refractivity contribution >= 4 is 46.1 Å². The number of amides is 1. The highest BCUT2D eigenvalue weighted by molar-refractivity contribution is 5.93. The van der Waals surface area contributed by atoms with Crippen LogP contribution in [0.5, 0.6) is 0 Å². The van der Waals surface area contributed by atoms with Gasteiger partial charge in [0.25, 0.3) is 0 Å². The van der Waals surface area contributed by atoms with E-state index in [0.29, 0.717) is 25.9 Å². The number of carboxylic acid groups (broad SMARTS) is 1. The van der Waals surface area contributed by atoms with Crippen molar-refractivity contribution < 1.29 is 33.0 Å². The number of carbonyl (C=O) groups is 3. The first-order valence-electron chi connectivity index (χ1n) is 14.1. The van der Waals surface area contributed by atoms with Gasteiger partial charge in [0, 0.05) is 31.4 Å². The molecule has 3 fully saturated rings. The molecular formula is C29H30F2N6O6. The predicted octanol–water partition coefficient (Wildman–Crippen LogP) is 3.03. The monoisotopic (exact) mass is 596 g/mol. The van der Waals surface area contributed by atoms with E-state index in [2.05, 4.69) is 10.3 Å². The van der Waals surface area contributed by atoms with Crippen molar-refractivity contribution in [1.82, 2.24) is 9.55 Å². The van der Waals surface area contributed by atoms with Gasteiger partial charge in [-0.1, -0.05) is 0 Å². The fourth-order valence-corrected chi connectivity index (χ4v) is 5.63. The Kier molecular flexibility index (Phi) is 7.24. The van der Waals surface area contributed by atoms with Gasteiger partial charge in [-0.2, -0.15) is 0 Å². The molecule has 1 saturated carbocycles. The molecule has 1 aromatic carbocycles. The molecule has 4 N–H and O–H groups in total. The molecule has 1 amide bonds. The van der Waals surface area contributed by atoms with Crippen molar-refractivity contribution in [2.24, 2.45) is 5.73 Å². The normalized spacial score (nSPS) is 19.9. The van der Waals surface area contributed by atoms with Crippen molar-refractivity contribution in [3.63, 3.8) is 0 Å². The molecule has 14 heteroatoms. The number of Topliss-reactive ketones (excluding diaryl/α,β-unsaturated/α-hetero) is 1. The second-order valence-electron chi connectivity index (χ2n) is 11.2. The summed E-state index contributed by atoms with van der Waals surface area (Å²) >= 11 is 0. The van der Waals surface area contributed by atoms with Crippen molar-refractivity contribution in [2.75, 3.05) is 34.8 Å². The highest BCUT2D eigenvalue weighted by Crippen LogP contribution is 2.37. The number of hydrogen-bond donors (Lipinski definition) is 3. The molecule has 2 aromatic heterocycles. The number of ketones is 1. The van der Waals surface area contributed by atoms with E-state index in [9.17, 15) is 24.3 Å². The van der Waals surface area contributed by atoms with Gasteiger partial charge in [0.2, 0.25) is 5.43 Å². The van der Waals surface area contributed by atoms with Gasteiger partial charge in [0.05, 0.1) is 23.3 Å². The number of nitrogens with zero attached hydrogens (tertiary/aromatic N) is 4. The third-order valence-corrected chi connectivity index (χ3v) is 8.23. The van der Waals surface area contributed by atoms with Crippen molar-refractivity contribution in [1.29, 1.82) is 0 Å². The molecule has 0 radical (unpaired) electrons. The number of nitrogens with two attached hydrogens (primary N) is 1. The fourth-order valence-electron chi connectivity index (χ4n) is 5.63. The molecule has 0 bridgehead atoms. The number of halogens is 2. The van der Waals surface area contributed by atoms with Crippen LogP contribution in [0.3, 0.4) is 0 Å². The Bertz CT molecular complexity index is 1700. The SMILES string of the molecule is CC(=O)C(N)[C@@H]1CN(c2ccc(NC3CCN(c4nc5c(cc4F)c(=O)c(C(=O)O)cn5C4CC4)CC3)c(F)c2)C(=O)O1. The average molecular weight is 597 g/mol. The maximum Gasteiger partial charge on any atom is 0.414 e. The maximum atomic E-state index is 15.2. The summed E-state index contributed by atoms with van der Waals surface area (Å²) in [7, 11) is 0. The third-order valence-electron chi connectivity index (χ3n) is 8.23. The second kappa shape index (κ2) is 10.9. The molecule has 3 aromatic rings. The number of ether oxygens (including phenoxy) is 1. The summed E-state index contributed by atoms with van der Waals surface area (Å²) in [5, 5.41) is 12.6. The Labute approximate surface area is 244 Å². The van der Waals surface area contributed by atoms with E-state index in [-0.39, 0.29) is 52.6 Å². The quantitative estimate of drug-likeness (QED) is 0.353. The maximum absolute atomic E-state index is 15.2. The Hall–Kier alpha value is -4.59. The third kappa shape index (κ3) is 5.38. The fraction of sp³-hybridized carbons (Fsp3) is 0.414. The molecule has 2 saturated heterocycles. The lowest BCUT2D eigenvalue weighted by Gasteiger charge is -2.34. The first-order chi connectivity index (χ1) is 20.5. The number of pyridine rings is 2. The first kappa shape index (κ1) is 28.5. The Balaban J connectivity index is 1.14. The number of aromatic nitrogens is 2. The standard InChI is InChI=1S/C29H30F2N6O6/c1-14(38)24(32)23-13-37(29(42)43-23)17-4-5-22(20(30)10-17)33-15-6-8-35(9-7-15)27-21(31)11-18-25(39)19(28(40)41)12-36(16-2-3-16)26(18)34-27/h4-5,10-12,15-16,23-24,33H,2-3,6-9,13,32H2,1H3,(H,40,41)/t23-,24?/m0/s1. The highest BCUT2D eigenvalue weighted by atomic mass is 19.1. The van der Waals surface area contributed by atoms with Crippen LogP contribution in [0.2, 0.25) is 0 Å². The van der Waals surface area contributed by atoms with Crippen LogP contribution < -0.4 is 26.3 Å². The van der Waals surface area contributed by atoms with Crippen LogP contribution >= 0.6 is 0 Å². The topological polar surface area (TPSA) is 160 Å². The molecule has 4 heterocycles. The smallest absolute Gasteiger partial charge is 0.414 e.